The highest BCUT2D eigenvalue weighted by Gasteiger charge is 2.22. The molecule has 7 heteroatoms. The molecule has 1 aliphatic carbocycles. The Kier molecular flexibility index (Phi) is 7.03. The molecule has 0 saturated heterocycles. The SMILES string of the molecule is COc1cc(C(CN=[N+]=[N-])NC2CCCCC2)cc(OC)c1OC. The van der Waals surface area contributed by atoms with Gasteiger partial charge in [-0.15, -0.1) is 0 Å². The van der Waals surface area contributed by atoms with Crippen LogP contribution in [0.1, 0.15) is 43.7 Å². The molecular formula is C17H26N4O3. The van der Waals surface area contributed by atoms with Crippen LogP contribution in [-0.4, -0.2) is 33.9 Å². The third-order valence-electron chi connectivity index (χ3n) is 4.46. The summed E-state index contributed by atoms with van der Waals surface area (Å²) in [6.07, 6.45) is 6.07. The monoisotopic (exact) mass is 334 g/mol. The number of benzene rings is 1. The van der Waals surface area contributed by atoms with Crippen LogP contribution in [0.5, 0.6) is 17.2 Å². The first-order chi connectivity index (χ1) is 11.7. The van der Waals surface area contributed by atoms with Gasteiger partial charge in [-0.25, -0.2) is 0 Å². The predicted octanol–water partition coefficient (Wildman–Crippen LogP) is 3.99. The quantitative estimate of drug-likeness (QED) is 0.442. The Labute approximate surface area is 142 Å². The van der Waals surface area contributed by atoms with Crippen molar-refractivity contribution in [3.8, 4) is 17.2 Å². The van der Waals surface area contributed by atoms with E-state index in [9.17, 15) is 0 Å². The van der Waals surface area contributed by atoms with Crippen LogP contribution in [0.15, 0.2) is 17.2 Å². The van der Waals surface area contributed by atoms with Gasteiger partial charge in [0, 0.05) is 23.5 Å². The lowest BCUT2D eigenvalue weighted by atomic mass is 9.94. The van der Waals surface area contributed by atoms with E-state index in [-0.39, 0.29) is 6.04 Å². The summed E-state index contributed by atoms with van der Waals surface area (Å²) in [6, 6.07) is 4.18. The van der Waals surface area contributed by atoms with Crippen molar-refractivity contribution in [2.75, 3.05) is 27.9 Å². The highest BCUT2D eigenvalue weighted by Crippen LogP contribution is 2.40. The smallest absolute Gasteiger partial charge is 0.203 e. The molecule has 1 fully saturated rings. The van der Waals surface area contributed by atoms with Crippen LogP contribution >= 0.6 is 0 Å². The first kappa shape index (κ1) is 18.2. The van der Waals surface area contributed by atoms with Crippen LogP contribution in [0, 0.1) is 0 Å². The molecule has 0 bridgehead atoms. The van der Waals surface area contributed by atoms with Crippen LogP contribution < -0.4 is 19.5 Å². The van der Waals surface area contributed by atoms with Gasteiger partial charge in [0.15, 0.2) is 11.5 Å². The molecule has 1 aromatic carbocycles. The average molecular weight is 334 g/mol. The zero-order chi connectivity index (χ0) is 17.4. The zero-order valence-electron chi connectivity index (χ0n) is 14.6. The fourth-order valence-corrected chi connectivity index (χ4v) is 3.23. The molecule has 24 heavy (non-hydrogen) atoms. The lowest BCUT2D eigenvalue weighted by Gasteiger charge is -2.28. The van der Waals surface area contributed by atoms with Gasteiger partial charge in [-0.3, -0.25) is 0 Å². The molecule has 7 nitrogen and oxygen atoms in total. The Balaban J connectivity index is 2.31. The Hall–Kier alpha value is -2.11. The van der Waals surface area contributed by atoms with Crippen molar-refractivity contribution in [2.45, 2.75) is 44.2 Å². The third kappa shape index (κ3) is 4.46. The molecule has 0 amide bonds. The highest BCUT2D eigenvalue weighted by atomic mass is 16.5. The lowest BCUT2D eigenvalue weighted by molar-refractivity contribution is 0.319. The molecule has 2 rings (SSSR count). The minimum absolute atomic E-state index is 0.0855. The number of ether oxygens (including phenoxy) is 3. The van der Waals surface area contributed by atoms with Gasteiger partial charge in [0.25, 0.3) is 0 Å². The summed E-state index contributed by atoms with van der Waals surface area (Å²) in [5.41, 5.74) is 9.67. The van der Waals surface area contributed by atoms with Gasteiger partial charge in [-0.1, -0.05) is 24.4 Å². The number of methoxy groups -OCH3 is 3. The number of hydrogen-bond acceptors (Lipinski definition) is 5. The van der Waals surface area contributed by atoms with E-state index >= 15 is 0 Å². The number of nitrogens with one attached hydrogen (secondary N) is 1. The van der Waals surface area contributed by atoms with Gasteiger partial charge in [-0.2, -0.15) is 0 Å². The standard InChI is InChI=1S/C17H26N4O3/c1-22-15-9-12(10-16(23-2)17(15)24-3)14(11-19-21-18)20-13-7-5-4-6-8-13/h9-10,13-14,20H,4-8,11H2,1-3H3. The van der Waals surface area contributed by atoms with Crippen LogP contribution in [0.3, 0.4) is 0 Å². The second kappa shape index (κ2) is 9.25. The van der Waals surface area contributed by atoms with E-state index < -0.39 is 0 Å². The zero-order valence-corrected chi connectivity index (χ0v) is 14.6. The molecule has 1 aliphatic rings. The molecule has 132 valence electrons. The molecule has 1 aromatic rings. The molecule has 0 aromatic heterocycles. The molecular weight excluding hydrogens is 308 g/mol. The van der Waals surface area contributed by atoms with E-state index in [0.29, 0.717) is 29.8 Å². The van der Waals surface area contributed by atoms with Crippen LogP contribution in [0.4, 0.5) is 0 Å². The lowest BCUT2D eigenvalue weighted by Crippen LogP contribution is -2.35. The molecule has 0 aliphatic heterocycles. The summed E-state index contributed by atoms with van der Waals surface area (Å²) in [6.45, 7) is 0.339. The molecule has 0 radical (unpaired) electrons. The van der Waals surface area contributed by atoms with Crippen molar-refractivity contribution < 1.29 is 14.2 Å². The van der Waals surface area contributed by atoms with E-state index in [1.54, 1.807) is 21.3 Å². The number of azide groups is 1. The third-order valence-corrected chi connectivity index (χ3v) is 4.46. The highest BCUT2D eigenvalue weighted by molar-refractivity contribution is 5.54. The fraction of sp³-hybridized carbons (Fsp3) is 0.647. The maximum atomic E-state index is 8.71. The first-order valence-corrected chi connectivity index (χ1v) is 8.30. The number of nitrogens with zero attached hydrogens (tertiary/aromatic N) is 3. The summed E-state index contributed by atoms with van der Waals surface area (Å²) >= 11 is 0. The summed E-state index contributed by atoms with van der Waals surface area (Å²) in [4.78, 5) is 2.91. The summed E-state index contributed by atoms with van der Waals surface area (Å²) in [5.74, 6) is 1.76. The van der Waals surface area contributed by atoms with E-state index in [4.69, 9.17) is 19.7 Å². The van der Waals surface area contributed by atoms with Crippen molar-refractivity contribution in [1.29, 1.82) is 0 Å². The summed E-state index contributed by atoms with van der Waals surface area (Å²) in [5, 5.41) is 7.40. The topological polar surface area (TPSA) is 88.5 Å². The Bertz CT molecular complexity index is 556. The van der Waals surface area contributed by atoms with Crippen molar-refractivity contribution in [3.05, 3.63) is 28.1 Å². The molecule has 1 saturated carbocycles. The summed E-state index contributed by atoms with van der Waals surface area (Å²) < 4.78 is 16.2. The Morgan fingerprint density at radius 3 is 2.25 bits per heavy atom. The fourth-order valence-electron chi connectivity index (χ4n) is 3.23. The summed E-state index contributed by atoms with van der Waals surface area (Å²) in [7, 11) is 4.77. The van der Waals surface area contributed by atoms with Crippen molar-refractivity contribution in [1.82, 2.24) is 5.32 Å². The van der Waals surface area contributed by atoms with Gasteiger partial charge in [0.05, 0.1) is 21.3 Å². The van der Waals surface area contributed by atoms with E-state index in [0.717, 1.165) is 18.4 Å². The van der Waals surface area contributed by atoms with E-state index in [1.807, 2.05) is 12.1 Å². The second-order valence-electron chi connectivity index (χ2n) is 5.93. The second-order valence-corrected chi connectivity index (χ2v) is 5.93. The first-order valence-electron chi connectivity index (χ1n) is 8.30. The predicted molar refractivity (Wildman–Crippen MR) is 92.9 cm³/mol. The van der Waals surface area contributed by atoms with Crippen LogP contribution in [-0.2, 0) is 0 Å². The minimum Gasteiger partial charge on any atom is -0.493 e. The molecule has 0 spiro atoms. The van der Waals surface area contributed by atoms with Crippen LogP contribution in [0.25, 0.3) is 10.4 Å². The maximum absolute atomic E-state index is 8.71. The molecule has 1 N–H and O–H groups in total. The molecule has 1 unspecified atom stereocenters. The Morgan fingerprint density at radius 1 is 1.12 bits per heavy atom. The normalized spacial score (nSPS) is 16.1. The largest absolute Gasteiger partial charge is 0.493 e. The molecule has 0 heterocycles. The van der Waals surface area contributed by atoms with Crippen molar-refractivity contribution >= 4 is 0 Å². The number of hydrogen-bond donors (Lipinski definition) is 1. The van der Waals surface area contributed by atoms with Gasteiger partial charge >= 0.3 is 0 Å². The maximum Gasteiger partial charge on any atom is 0.203 e. The minimum atomic E-state index is -0.0855. The van der Waals surface area contributed by atoms with Crippen LogP contribution in [0.2, 0.25) is 0 Å². The molecule has 1 atom stereocenters. The van der Waals surface area contributed by atoms with Gasteiger partial charge in [0.1, 0.15) is 0 Å². The van der Waals surface area contributed by atoms with E-state index in [1.165, 1.54) is 19.3 Å². The van der Waals surface area contributed by atoms with Gasteiger partial charge in [0.2, 0.25) is 5.75 Å². The Morgan fingerprint density at radius 2 is 1.75 bits per heavy atom. The van der Waals surface area contributed by atoms with Crippen molar-refractivity contribution in [3.63, 3.8) is 0 Å². The average Bonchev–Trinajstić information content (AvgIpc) is 2.64. The van der Waals surface area contributed by atoms with E-state index in [2.05, 4.69) is 15.3 Å². The van der Waals surface area contributed by atoms with Crippen molar-refractivity contribution in [2.24, 2.45) is 5.11 Å². The van der Waals surface area contributed by atoms with Gasteiger partial charge < -0.3 is 19.5 Å². The van der Waals surface area contributed by atoms with Gasteiger partial charge in [-0.05, 0) is 36.1 Å². The number of rotatable bonds is 8.